The molecule has 0 bridgehead atoms. The molecule has 8 heterocycles. The van der Waals surface area contributed by atoms with Gasteiger partial charge in [-0.2, -0.15) is 0 Å². The molecule has 4 aliphatic rings. The molecule has 2 aromatic carbocycles. The summed E-state index contributed by atoms with van der Waals surface area (Å²) in [4.78, 5) is 71.9. The molecule has 0 saturated carbocycles. The maximum atomic E-state index is 14.9. The summed E-state index contributed by atoms with van der Waals surface area (Å²) in [6.07, 6.45) is 60.3. The molecule has 4 atom stereocenters. The van der Waals surface area contributed by atoms with Crippen molar-refractivity contribution in [1.82, 2.24) is 0 Å². The Morgan fingerprint density at radius 1 is 0.308 bits per heavy atom. The summed E-state index contributed by atoms with van der Waals surface area (Å²) in [5.41, 5.74) is 7.20. The molecule has 9 nitrogen and oxygen atoms in total. The van der Waals surface area contributed by atoms with E-state index in [2.05, 4.69) is 215 Å². The monoisotopic (exact) mass is 1810 g/mol. The number of thiophene rings is 4. The predicted molar refractivity (Wildman–Crippen MR) is 522 cm³/mol. The van der Waals surface area contributed by atoms with Crippen LogP contribution in [0.2, 0.25) is 0 Å². The van der Waals surface area contributed by atoms with E-state index in [4.69, 9.17) is 0 Å². The molecular formula is C100H147BBr2N5O4S5. The molecule has 0 spiro atoms. The first kappa shape index (κ1) is 98.2. The summed E-state index contributed by atoms with van der Waals surface area (Å²) in [5, 5.41) is 8.19. The van der Waals surface area contributed by atoms with Gasteiger partial charge in [0.05, 0.1) is 52.6 Å². The van der Waals surface area contributed by atoms with Crippen molar-refractivity contribution in [3.8, 4) is 0 Å². The van der Waals surface area contributed by atoms with Crippen LogP contribution in [0.3, 0.4) is 0 Å². The number of thiol groups is 1. The van der Waals surface area contributed by atoms with Crippen LogP contribution in [0.15, 0.2) is 95.4 Å². The van der Waals surface area contributed by atoms with E-state index in [0.29, 0.717) is 23.7 Å². The molecular weight excluding hydrogens is 1670 g/mol. The fourth-order valence-corrected chi connectivity index (χ4v) is 22.8. The number of halogens is 2. The summed E-state index contributed by atoms with van der Waals surface area (Å²) >= 11 is 17.2. The van der Waals surface area contributed by atoms with Crippen LogP contribution in [0.25, 0.3) is 22.3 Å². The minimum absolute atomic E-state index is 0.115. The van der Waals surface area contributed by atoms with Crippen molar-refractivity contribution in [3.63, 3.8) is 0 Å². The van der Waals surface area contributed by atoms with E-state index >= 15 is 0 Å². The Morgan fingerprint density at radius 2 is 0.504 bits per heavy atom. The van der Waals surface area contributed by atoms with E-state index in [1.165, 1.54) is 283 Å². The van der Waals surface area contributed by atoms with E-state index in [9.17, 15) is 19.2 Å². The van der Waals surface area contributed by atoms with Crippen LogP contribution in [0, 0.1) is 23.7 Å². The zero-order chi connectivity index (χ0) is 83.5. The van der Waals surface area contributed by atoms with Crippen LogP contribution >= 0.6 is 90.0 Å². The summed E-state index contributed by atoms with van der Waals surface area (Å²) in [6.45, 7) is 21.2. The van der Waals surface area contributed by atoms with E-state index in [0.717, 1.165) is 145 Å². The zero-order valence-electron chi connectivity index (χ0n) is 73.4. The first-order chi connectivity index (χ1) is 57.2. The van der Waals surface area contributed by atoms with Crippen molar-refractivity contribution in [1.29, 1.82) is 0 Å². The second-order valence-corrected chi connectivity index (χ2v) is 41.4. The predicted octanol–water partition coefficient (Wildman–Crippen LogP) is 28.9. The quantitative estimate of drug-likeness (QED) is 0.0234. The second kappa shape index (κ2) is 55.8. The summed E-state index contributed by atoms with van der Waals surface area (Å²) in [7, 11) is 4.34. The molecule has 4 amide bonds. The second-order valence-electron chi connectivity index (χ2n) is 34.3. The Hall–Kier alpha value is -4.23. The number of carbonyl (C=O) groups excluding carboxylic acids is 4. The third kappa shape index (κ3) is 30.0. The van der Waals surface area contributed by atoms with Gasteiger partial charge in [0.15, 0.2) is 0 Å². The van der Waals surface area contributed by atoms with E-state index in [1.54, 1.807) is 45.3 Å². The average molecular weight is 1810 g/mol. The van der Waals surface area contributed by atoms with Gasteiger partial charge in [0.25, 0.3) is 23.6 Å². The van der Waals surface area contributed by atoms with Crippen LogP contribution in [-0.2, 0) is 19.2 Å². The van der Waals surface area contributed by atoms with Crippen molar-refractivity contribution in [3.05, 3.63) is 132 Å². The molecule has 1 radical (unpaired) electrons. The molecule has 0 saturated heterocycles. The number of anilines is 4. The SMILES string of the molecule is CCCCCCCCC(CCCCCC)CN1C(=O)C(c2ccc(Br)s2)=c2cc3c(cc21)=C(c1ccc(Br)s1)C(=O)N3CC(CCCCCC)CCCCCCCC.CCCCCCCCC(CCCCCC)CN1C(=O)C(c2cccs2)=c2cc3c(cc21)=C(c1cccs1)C(=O)N3CC(CCCCCC)CCCCCCCC.[B]=NS. The molecule has 17 heteroatoms. The fraction of sp³-hybridized carbons (Fsp3) is 0.640. The van der Waals surface area contributed by atoms with E-state index in [-0.39, 0.29) is 23.6 Å². The number of amides is 4. The van der Waals surface area contributed by atoms with Crippen LogP contribution in [-0.4, -0.2) is 57.4 Å². The van der Waals surface area contributed by atoms with Crippen LogP contribution < -0.4 is 40.5 Å². The Bertz CT molecular complexity index is 3930. The van der Waals surface area contributed by atoms with E-state index < -0.39 is 0 Å². The van der Waals surface area contributed by atoms with Crippen LogP contribution in [0.4, 0.5) is 22.7 Å². The Morgan fingerprint density at radius 3 is 0.692 bits per heavy atom. The number of benzene rings is 2. The van der Waals surface area contributed by atoms with Crippen molar-refractivity contribution in [2.24, 2.45) is 28.0 Å². The molecule has 4 aromatic heterocycles. The molecule has 4 unspecified atom stereocenters. The van der Waals surface area contributed by atoms with Gasteiger partial charge >= 0.3 is 24.8 Å². The van der Waals surface area contributed by atoms with Crippen molar-refractivity contribution < 1.29 is 19.2 Å². The molecule has 0 fully saturated rings. The maximum absolute atomic E-state index is 14.9. The standard InChI is InChI=1S/C50H72Br2N2O2S2.C50H74N2O2S2.BHNS/c1-5-9-13-17-19-23-27-37(25-21-15-11-7-3)35-53-41-33-40-42(34-39(41)47(49(53)55)43-29-31-45(51)57-43)54(50(56)48(40)44-30-32-46(52)58-44)36-38(26-22-16-12-8-4)28-24-20-18-14-10-6-2;1-5-9-13-17-19-23-29-39(27-21-15-11-7-3)37-51-43-35-42-44(36-41(43)47(49(51)53)45-31-25-33-55-45)52(50(54)48(42)46-32-26-34-56-46)38-40(28-22-16-12-8-4)30-24-20-18-14-10-6-2;1-2-3/h29-34,37-38H,5-28,35-36H2,1-4H3;25-26,31-36,39-40H,5-24,27-30,37-38H2,1-4H3;3H. The summed E-state index contributed by atoms with van der Waals surface area (Å²) in [6, 6.07) is 25.6. The van der Waals surface area contributed by atoms with Gasteiger partial charge in [-0.05, 0) is 178 Å². The minimum atomic E-state index is 0.115. The summed E-state index contributed by atoms with van der Waals surface area (Å²) in [5.74, 6) is 2.36. The molecule has 0 aliphatic carbocycles. The number of rotatable bonds is 60. The van der Waals surface area contributed by atoms with Crippen LogP contribution in [0.5, 0.6) is 0 Å². The molecule has 10 rings (SSSR count). The number of unbranched alkanes of at least 4 members (excludes halogenated alkanes) is 32. The van der Waals surface area contributed by atoms with Gasteiger partial charge in [0, 0.05) is 66.6 Å². The van der Waals surface area contributed by atoms with Crippen molar-refractivity contribution >= 4 is 166 Å². The van der Waals surface area contributed by atoms with Crippen molar-refractivity contribution in [2.45, 2.75) is 364 Å². The first-order valence-electron chi connectivity index (χ1n) is 47.0. The third-order valence-corrected chi connectivity index (χ3v) is 30.0. The van der Waals surface area contributed by atoms with Crippen molar-refractivity contribution in [2.75, 3.05) is 45.8 Å². The van der Waals surface area contributed by atoms with Gasteiger partial charge in [-0.25, -0.2) is 0 Å². The van der Waals surface area contributed by atoms with Gasteiger partial charge in [-0.3, -0.25) is 19.2 Å². The number of fused-ring (bicyclic) bond motifs is 4. The summed E-state index contributed by atoms with van der Waals surface area (Å²) < 4.78 is 4.74. The fourth-order valence-electron chi connectivity index (χ4n) is 18.3. The first-order valence-corrected chi connectivity index (χ1v) is 52.4. The normalized spacial score (nSPS) is 14.7. The molecule has 117 heavy (non-hydrogen) atoms. The zero-order valence-corrected chi connectivity index (χ0v) is 80.8. The number of nitrogens with zero attached hydrogens (tertiary/aromatic N) is 5. The molecule has 6 aromatic rings. The molecule has 0 N–H and O–H groups in total. The van der Waals surface area contributed by atoms with Crippen LogP contribution in [0.1, 0.15) is 383 Å². The van der Waals surface area contributed by atoms with E-state index in [1.807, 2.05) is 0 Å². The molecule has 4 aliphatic heterocycles. The third-order valence-electron chi connectivity index (χ3n) is 25.0. The topological polar surface area (TPSA) is 93.6 Å². The Balaban J connectivity index is 0.000000283. The van der Waals surface area contributed by atoms with Gasteiger partial charge in [0.2, 0.25) is 0 Å². The van der Waals surface area contributed by atoms with Gasteiger partial charge in [0.1, 0.15) is 0 Å². The Labute approximate surface area is 748 Å². The molecule has 643 valence electrons. The van der Waals surface area contributed by atoms with Gasteiger partial charge < -0.3 is 19.6 Å². The number of hydrogen-bond donors (Lipinski definition) is 1. The van der Waals surface area contributed by atoms with Gasteiger partial charge in [-0.15, -0.1) is 45.3 Å². The average Bonchev–Trinajstić information content (AvgIpc) is 1.58. The number of carbonyl (C=O) groups is 4. The number of hydrogen-bond acceptors (Lipinski definition) is 10. The Kier molecular flexibility index (Phi) is 46.8. The van der Waals surface area contributed by atoms with Gasteiger partial charge in [-0.1, -0.05) is 324 Å².